The number of para-hydroxylation sites is 1. The Morgan fingerprint density at radius 3 is 2.44 bits per heavy atom. The van der Waals surface area contributed by atoms with E-state index in [1.165, 1.54) is 17.4 Å². The highest BCUT2D eigenvalue weighted by Crippen LogP contribution is 2.15. The molecule has 146 valence electrons. The van der Waals surface area contributed by atoms with Crippen molar-refractivity contribution < 1.29 is 20.4 Å². The highest BCUT2D eigenvalue weighted by molar-refractivity contribution is 7.16. The Kier molecular flexibility index (Phi) is 8.56. The molecule has 1 heterocycles. The van der Waals surface area contributed by atoms with Gasteiger partial charge in [0.15, 0.2) is 0 Å². The van der Waals surface area contributed by atoms with Crippen LogP contribution in [0, 0.1) is 0 Å². The summed E-state index contributed by atoms with van der Waals surface area (Å²) in [4.78, 5) is 23.9. The van der Waals surface area contributed by atoms with Gasteiger partial charge in [0.1, 0.15) is 0 Å². The molecule has 10 heteroatoms. The average molecular weight is 394 g/mol. The van der Waals surface area contributed by atoms with Crippen LogP contribution in [0.4, 0.5) is 0 Å². The summed E-state index contributed by atoms with van der Waals surface area (Å²) in [5, 5.41) is 24.4. The van der Waals surface area contributed by atoms with Gasteiger partial charge in [-0.05, 0) is 32.3 Å². The van der Waals surface area contributed by atoms with Crippen LogP contribution in [0.25, 0.3) is 10.2 Å². The van der Waals surface area contributed by atoms with Gasteiger partial charge in [0.2, 0.25) is 0 Å². The molecule has 1 unspecified atom stereocenters. The number of allylic oxidation sites excluding steroid dienone is 2. The van der Waals surface area contributed by atoms with Crippen molar-refractivity contribution in [2.24, 2.45) is 18.0 Å². The van der Waals surface area contributed by atoms with Crippen molar-refractivity contribution in [1.29, 1.82) is 0 Å². The number of hydrazone groups is 1. The number of aliphatic carboxylic acids is 1. The zero-order valence-electron chi connectivity index (χ0n) is 15.1. The normalized spacial score (nSPS) is 17.0. The first-order chi connectivity index (χ1) is 12.9. The summed E-state index contributed by atoms with van der Waals surface area (Å²) in [7, 11) is 5.47. The predicted molar refractivity (Wildman–Crippen MR) is 106 cm³/mol. The van der Waals surface area contributed by atoms with Crippen molar-refractivity contribution in [3.63, 3.8) is 0 Å². The maximum Gasteiger partial charge on any atom is 0.337 e. The van der Waals surface area contributed by atoms with Crippen LogP contribution in [0.15, 0.2) is 58.0 Å². The minimum absolute atomic E-state index is 0.103. The molecule has 0 spiro atoms. The van der Waals surface area contributed by atoms with E-state index >= 15 is 0 Å². The van der Waals surface area contributed by atoms with E-state index in [0.717, 1.165) is 10.2 Å². The van der Waals surface area contributed by atoms with Crippen molar-refractivity contribution in [1.82, 2.24) is 9.47 Å². The number of nitrogens with two attached hydrogens (primary N) is 1. The predicted octanol–water partition coefficient (Wildman–Crippen LogP) is 1.43. The first-order valence-electron chi connectivity index (χ1n) is 7.67. The van der Waals surface area contributed by atoms with Crippen LogP contribution < -0.4 is 10.7 Å². The SMILES string of the molecule is CN(C)C1C=CC=C(C(=O)O)C1=NN.Cn1c(=O)sc2ccccc21.OO. The van der Waals surface area contributed by atoms with Gasteiger partial charge in [0.25, 0.3) is 0 Å². The molecule has 2 aromatic rings. The third-order valence-electron chi connectivity index (χ3n) is 3.74. The summed E-state index contributed by atoms with van der Waals surface area (Å²) < 4.78 is 2.72. The molecule has 0 amide bonds. The van der Waals surface area contributed by atoms with E-state index in [4.69, 9.17) is 21.5 Å². The van der Waals surface area contributed by atoms with Gasteiger partial charge < -0.3 is 15.5 Å². The Labute approximate surface area is 159 Å². The van der Waals surface area contributed by atoms with Crippen molar-refractivity contribution in [2.45, 2.75) is 6.04 Å². The van der Waals surface area contributed by atoms with Gasteiger partial charge in [0, 0.05) is 7.05 Å². The van der Waals surface area contributed by atoms with E-state index in [1.54, 1.807) is 17.7 Å². The van der Waals surface area contributed by atoms with Gasteiger partial charge >= 0.3 is 10.8 Å². The van der Waals surface area contributed by atoms with Gasteiger partial charge in [-0.1, -0.05) is 35.6 Å². The molecule has 1 aliphatic carbocycles. The fourth-order valence-corrected chi connectivity index (χ4v) is 3.30. The van der Waals surface area contributed by atoms with E-state index in [9.17, 15) is 9.59 Å². The molecular formula is C17H22N4O5S. The fraction of sp³-hybridized carbons (Fsp3) is 0.235. The van der Waals surface area contributed by atoms with Gasteiger partial charge in [-0.2, -0.15) is 5.10 Å². The minimum Gasteiger partial charge on any atom is -0.478 e. The third-order valence-corrected chi connectivity index (χ3v) is 4.75. The molecule has 1 atom stereocenters. The monoisotopic (exact) mass is 394 g/mol. The zero-order valence-corrected chi connectivity index (χ0v) is 15.9. The summed E-state index contributed by atoms with van der Waals surface area (Å²) in [6, 6.07) is 7.62. The van der Waals surface area contributed by atoms with Gasteiger partial charge in [-0.3, -0.25) is 20.2 Å². The largest absolute Gasteiger partial charge is 0.478 e. The second-order valence-electron chi connectivity index (χ2n) is 5.59. The first-order valence-corrected chi connectivity index (χ1v) is 8.49. The number of nitrogens with zero attached hydrogens (tertiary/aromatic N) is 3. The van der Waals surface area contributed by atoms with Crippen molar-refractivity contribution in [3.05, 3.63) is 57.7 Å². The molecule has 1 aromatic heterocycles. The first kappa shape index (κ1) is 22.3. The number of rotatable bonds is 2. The lowest BCUT2D eigenvalue weighted by Gasteiger charge is -2.24. The molecule has 0 fully saturated rings. The molecule has 0 bridgehead atoms. The minimum atomic E-state index is -1.01. The molecule has 1 aromatic carbocycles. The van der Waals surface area contributed by atoms with Crippen LogP contribution in [-0.4, -0.2) is 56.9 Å². The summed E-state index contributed by atoms with van der Waals surface area (Å²) in [5.74, 6) is 4.17. The van der Waals surface area contributed by atoms with Gasteiger partial charge in [-0.15, -0.1) is 0 Å². The van der Waals surface area contributed by atoms with Crippen molar-refractivity contribution in [2.75, 3.05) is 14.1 Å². The Bertz CT molecular complexity index is 927. The molecule has 3 rings (SSSR count). The molecule has 1 aliphatic rings. The lowest BCUT2D eigenvalue weighted by atomic mass is 9.97. The Balaban J connectivity index is 0.000000252. The van der Waals surface area contributed by atoms with Crippen LogP contribution in [0.5, 0.6) is 0 Å². The molecular weight excluding hydrogens is 372 g/mol. The molecule has 9 nitrogen and oxygen atoms in total. The van der Waals surface area contributed by atoms with Gasteiger partial charge in [0.05, 0.1) is 27.5 Å². The van der Waals surface area contributed by atoms with Crippen LogP contribution >= 0.6 is 11.3 Å². The van der Waals surface area contributed by atoms with Crippen LogP contribution in [0.1, 0.15) is 0 Å². The lowest BCUT2D eigenvalue weighted by molar-refractivity contribution is -0.176. The molecule has 27 heavy (non-hydrogen) atoms. The number of likely N-dealkylation sites (N-methyl/N-ethyl adjacent to an activating group) is 1. The molecule has 0 saturated carbocycles. The molecule has 0 radical (unpaired) electrons. The van der Waals surface area contributed by atoms with Crippen LogP contribution in [0.3, 0.4) is 0 Å². The average Bonchev–Trinajstić information content (AvgIpc) is 2.97. The second-order valence-corrected chi connectivity index (χ2v) is 6.58. The number of hydrogen-bond acceptors (Lipinski definition) is 8. The van der Waals surface area contributed by atoms with Crippen LogP contribution in [0.2, 0.25) is 0 Å². The van der Waals surface area contributed by atoms with E-state index in [2.05, 4.69) is 5.10 Å². The lowest BCUT2D eigenvalue weighted by Crippen LogP contribution is -2.38. The quantitative estimate of drug-likeness (QED) is 0.343. The highest BCUT2D eigenvalue weighted by Gasteiger charge is 2.25. The van der Waals surface area contributed by atoms with Crippen molar-refractivity contribution in [3.8, 4) is 0 Å². The number of hydrogen-bond donors (Lipinski definition) is 4. The number of carbonyl (C=O) groups is 1. The Morgan fingerprint density at radius 1 is 1.30 bits per heavy atom. The van der Waals surface area contributed by atoms with E-state index < -0.39 is 5.97 Å². The van der Waals surface area contributed by atoms with E-state index in [-0.39, 0.29) is 16.5 Å². The number of carboxylic acids is 1. The smallest absolute Gasteiger partial charge is 0.337 e. The number of benzene rings is 1. The summed E-state index contributed by atoms with van der Waals surface area (Å²) in [6.45, 7) is 0. The Hall–Kier alpha value is -2.79. The zero-order chi connectivity index (χ0) is 20.6. The number of carboxylic acid groups (broad SMARTS) is 1. The maximum atomic E-state index is 11.1. The van der Waals surface area contributed by atoms with E-state index in [1.807, 2.05) is 49.3 Å². The Morgan fingerprint density at radius 2 is 1.93 bits per heavy atom. The maximum absolute atomic E-state index is 11.1. The fourth-order valence-electron chi connectivity index (χ4n) is 2.42. The number of thiazole rings is 1. The third kappa shape index (κ3) is 5.34. The number of aromatic nitrogens is 1. The van der Waals surface area contributed by atoms with Crippen LogP contribution in [-0.2, 0) is 11.8 Å². The number of fused-ring (bicyclic) bond motifs is 1. The molecule has 0 aliphatic heterocycles. The topological polar surface area (TPSA) is 141 Å². The summed E-state index contributed by atoms with van der Waals surface area (Å²) in [6.07, 6.45) is 5.04. The summed E-state index contributed by atoms with van der Waals surface area (Å²) in [5.41, 5.74) is 1.54. The molecule has 5 N–H and O–H groups in total. The second kappa shape index (κ2) is 10.4. The molecule has 0 saturated heterocycles. The number of aryl methyl sites for hydroxylation is 1. The van der Waals surface area contributed by atoms with Gasteiger partial charge in [-0.25, -0.2) is 4.79 Å². The highest BCUT2D eigenvalue weighted by atomic mass is 32.1. The van der Waals surface area contributed by atoms with E-state index in [0.29, 0.717) is 5.71 Å². The van der Waals surface area contributed by atoms with Crippen molar-refractivity contribution >= 4 is 33.2 Å². The summed E-state index contributed by atoms with van der Waals surface area (Å²) >= 11 is 1.29. The standard InChI is InChI=1S/C9H13N3O2.C8H7NOS.H2O2/c1-12(2)7-5-3-4-6(9(13)14)8(7)11-10;1-9-6-4-2-3-5-7(6)11-8(9)10;1-2/h3-5,7H,10H2,1-2H3,(H,13,14);2-5H,1H3;1-2H.